The molecule has 0 radical (unpaired) electrons. The molecule has 0 bridgehead atoms. The molecule has 3 aliphatic heterocycles. The first-order valence-electron chi connectivity index (χ1n) is 17.0. The first-order chi connectivity index (χ1) is 22.4. The fraction of sp³-hybridized carbons (Fsp3) is 0.611. The monoisotopic (exact) mass is 659 g/mol. The molecule has 11 heteroatoms. The average molecular weight is 660 g/mol. The van der Waals surface area contributed by atoms with E-state index in [0.717, 1.165) is 37.3 Å². The number of methoxy groups -OCH3 is 1. The van der Waals surface area contributed by atoms with Gasteiger partial charge < -0.3 is 19.6 Å². The molecule has 3 heterocycles. The number of hydrogen-bond donors (Lipinski definition) is 1. The van der Waals surface area contributed by atoms with Crippen LogP contribution in [0.15, 0.2) is 42.5 Å². The molecular weight excluding hydrogens is 614 g/mol. The number of carboxylic acids is 1. The van der Waals surface area contributed by atoms with E-state index in [4.69, 9.17) is 4.74 Å². The van der Waals surface area contributed by atoms with E-state index in [2.05, 4.69) is 4.90 Å². The van der Waals surface area contributed by atoms with Crippen LogP contribution in [-0.4, -0.2) is 84.9 Å². The van der Waals surface area contributed by atoms with E-state index in [1.165, 1.54) is 12.1 Å². The van der Waals surface area contributed by atoms with Crippen LogP contribution in [0.2, 0.25) is 0 Å². The molecule has 0 spiro atoms. The maximum absolute atomic E-state index is 17.6. The molecule has 6 rings (SSSR count). The topological polar surface area (TPSA) is 73.3 Å². The van der Waals surface area contributed by atoms with Crippen LogP contribution in [0.1, 0.15) is 80.4 Å². The lowest BCUT2D eigenvalue weighted by molar-refractivity contribution is -0.143. The number of carboxylic acid groups (broad SMARTS) is 1. The van der Waals surface area contributed by atoms with Gasteiger partial charge in [-0.1, -0.05) is 44.4 Å². The van der Waals surface area contributed by atoms with Crippen molar-refractivity contribution in [2.45, 2.75) is 81.6 Å². The Hall–Kier alpha value is -3.34. The minimum Gasteiger partial charge on any atom is -0.497 e. The summed E-state index contributed by atoms with van der Waals surface area (Å²) in [5.41, 5.74) is -1.03. The van der Waals surface area contributed by atoms with Gasteiger partial charge in [-0.2, -0.15) is 13.2 Å². The van der Waals surface area contributed by atoms with Crippen LogP contribution in [-0.2, 0) is 15.8 Å². The maximum atomic E-state index is 17.6. The van der Waals surface area contributed by atoms with Gasteiger partial charge in [0.05, 0.1) is 18.6 Å². The molecule has 3 saturated heterocycles. The van der Waals surface area contributed by atoms with Gasteiger partial charge in [0.25, 0.3) is 5.91 Å². The molecule has 256 valence electrons. The molecule has 47 heavy (non-hydrogen) atoms. The summed E-state index contributed by atoms with van der Waals surface area (Å²) in [5, 5.41) is 9.48. The van der Waals surface area contributed by atoms with E-state index in [9.17, 15) is 27.9 Å². The number of benzene rings is 2. The van der Waals surface area contributed by atoms with E-state index < -0.39 is 41.1 Å². The van der Waals surface area contributed by atoms with Crippen LogP contribution in [0, 0.1) is 11.8 Å². The van der Waals surface area contributed by atoms with E-state index in [-0.39, 0.29) is 31.0 Å². The summed E-state index contributed by atoms with van der Waals surface area (Å²) in [5.74, 6) is -2.32. The van der Waals surface area contributed by atoms with Crippen LogP contribution in [0.5, 0.6) is 5.75 Å². The van der Waals surface area contributed by atoms with Gasteiger partial charge in [-0.05, 0) is 67.0 Å². The summed E-state index contributed by atoms with van der Waals surface area (Å²) in [6.07, 6.45) is 0.977. The van der Waals surface area contributed by atoms with E-state index in [1.54, 1.807) is 24.1 Å². The van der Waals surface area contributed by atoms with Gasteiger partial charge in [0.15, 0.2) is 0 Å². The molecule has 0 unspecified atom stereocenters. The highest BCUT2D eigenvalue weighted by atomic mass is 19.4. The lowest BCUT2D eigenvalue weighted by atomic mass is 9.84. The summed E-state index contributed by atoms with van der Waals surface area (Å²) in [7, 11) is 1.57. The van der Waals surface area contributed by atoms with Crippen molar-refractivity contribution >= 4 is 17.6 Å². The zero-order valence-electron chi connectivity index (χ0n) is 27.1. The molecule has 4 aliphatic rings. The molecule has 1 amide bonds. The van der Waals surface area contributed by atoms with Crippen molar-refractivity contribution in [1.82, 2.24) is 9.80 Å². The number of ether oxygens (including phenoxy) is 1. The number of aliphatic carboxylic acids is 1. The number of nitrogens with zero attached hydrogens (tertiary/aromatic N) is 3. The second kappa shape index (κ2) is 13.3. The van der Waals surface area contributed by atoms with Crippen LogP contribution >= 0.6 is 0 Å². The third kappa shape index (κ3) is 6.56. The number of anilines is 1. The lowest BCUT2D eigenvalue weighted by Crippen LogP contribution is -2.50. The summed E-state index contributed by atoms with van der Waals surface area (Å²) < 4.78 is 64.6. The number of amides is 1. The third-order valence-corrected chi connectivity index (χ3v) is 11.3. The van der Waals surface area contributed by atoms with Crippen LogP contribution in [0.3, 0.4) is 0 Å². The van der Waals surface area contributed by atoms with Crippen molar-refractivity contribution in [3.05, 3.63) is 59.2 Å². The fourth-order valence-corrected chi connectivity index (χ4v) is 8.56. The highest BCUT2D eigenvalue weighted by molar-refractivity contribution is 5.88. The van der Waals surface area contributed by atoms with Crippen molar-refractivity contribution in [2.75, 3.05) is 51.3 Å². The van der Waals surface area contributed by atoms with Gasteiger partial charge in [-0.15, -0.1) is 0 Å². The first-order valence-corrected chi connectivity index (χ1v) is 17.0. The predicted octanol–water partition coefficient (Wildman–Crippen LogP) is 6.72. The molecule has 1 N–H and O–H groups in total. The molecule has 1 saturated carbocycles. The zero-order chi connectivity index (χ0) is 33.5. The SMILES string of the molecule is CC[C@@H]1CN(C(=O)[C@]2(F)CN(C3CCCC3)C[C@H]2c2ccc(OC)cc2)C[C@H]1c1ccc(C(F)(F)F)cc1N1CCC(C(=O)O)CC1. The molecular formula is C36H45F4N3O4. The molecule has 7 nitrogen and oxygen atoms in total. The number of carbonyl (C=O) groups is 2. The van der Waals surface area contributed by atoms with E-state index in [0.29, 0.717) is 62.4 Å². The van der Waals surface area contributed by atoms with E-state index in [1.807, 2.05) is 24.0 Å². The number of alkyl halides is 4. The Bertz CT molecular complexity index is 1440. The number of halogens is 4. The molecule has 1 aliphatic carbocycles. The number of carbonyl (C=O) groups excluding carboxylic acids is 1. The Labute approximate surface area is 273 Å². The van der Waals surface area contributed by atoms with Gasteiger partial charge in [0.1, 0.15) is 5.75 Å². The third-order valence-electron chi connectivity index (χ3n) is 11.3. The van der Waals surface area contributed by atoms with Gasteiger partial charge in [-0.25, -0.2) is 4.39 Å². The molecule has 0 aromatic heterocycles. The fourth-order valence-electron chi connectivity index (χ4n) is 8.56. The van der Waals surface area contributed by atoms with Crippen LogP contribution in [0.4, 0.5) is 23.2 Å². The van der Waals surface area contributed by atoms with Gasteiger partial charge >= 0.3 is 12.1 Å². The highest BCUT2D eigenvalue weighted by Crippen LogP contribution is 2.47. The first kappa shape index (κ1) is 33.6. The Kier molecular flexibility index (Phi) is 9.48. The maximum Gasteiger partial charge on any atom is 0.416 e. The van der Waals surface area contributed by atoms with Crippen LogP contribution in [0.25, 0.3) is 0 Å². The molecule has 4 fully saturated rings. The quantitative estimate of drug-likeness (QED) is 0.318. The Balaban J connectivity index is 1.30. The second-order valence-corrected chi connectivity index (χ2v) is 13.9. The van der Waals surface area contributed by atoms with Crippen molar-refractivity contribution in [2.24, 2.45) is 11.8 Å². The van der Waals surface area contributed by atoms with Crippen molar-refractivity contribution in [3.63, 3.8) is 0 Å². The predicted molar refractivity (Wildman–Crippen MR) is 171 cm³/mol. The second-order valence-electron chi connectivity index (χ2n) is 13.9. The Morgan fingerprint density at radius 3 is 2.26 bits per heavy atom. The number of rotatable bonds is 8. The zero-order valence-corrected chi connectivity index (χ0v) is 27.1. The molecule has 2 aromatic rings. The number of hydrogen-bond acceptors (Lipinski definition) is 5. The Morgan fingerprint density at radius 2 is 1.66 bits per heavy atom. The summed E-state index contributed by atoms with van der Waals surface area (Å²) in [4.78, 5) is 31.6. The summed E-state index contributed by atoms with van der Waals surface area (Å²) >= 11 is 0. The lowest BCUT2D eigenvalue weighted by Gasteiger charge is -2.35. The van der Waals surface area contributed by atoms with Crippen LogP contribution < -0.4 is 9.64 Å². The normalized spacial score (nSPS) is 27.9. The number of likely N-dealkylation sites (tertiary alicyclic amines) is 2. The minimum atomic E-state index is -4.54. The smallest absolute Gasteiger partial charge is 0.416 e. The van der Waals surface area contributed by atoms with E-state index >= 15 is 4.39 Å². The van der Waals surface area contributed by atoms with Crippen molar-refractivity contribution in [3.8, 4) is 5.75 Å². The van der Waals surface area contributed by atoms with Crippen molar-refractivity contribution < 1.29 is 37.0 Å². The summed E-state index contributed by atoms with van der Waals surface area (Å²) in [6.45, 7) is 3.66. The largest absolute Gasteiger partial charge is 0.497 e. The average Bonchev–Trinajstić information content (AvgIpc) is 3.83. The van der Waals surface area contributed by atoms with Crippen molar-refractivity contribution in [1.29, 1.82) is 0 Å². The minimum absolute atomic E-state index is 0.0230. The molecule has 2 aromatic carbocycles. The standard InChI is InChI=1S/C36H45F4N3O4/c1-3-23-19-42(20-30(23)29-13-10-26(36(38,39)40)18-32(29)41-16-14-25(15-17-41)33(44)45)34(46)35(37)22-43(27-6-4-5-7-27)21-31(35)24-8-11-28(47-2)12-9-24/h8-13,18,23,25,27,30-31H,3-7,14-17,19-22H2,1-2H3,(H,44,45)/t23-,30-,31+,35+/m1/s1. The van der Waals surface area contributed by atoms with Gasteiger partial charge in [-0.3, -0.25) is 14.5 Å². The Morgan fingerprint density at radius 1 is 0.979 bits per heavy atom. The van der Waals surface area contributed by atoms with Gasteiger partial charge in [0.2, 0.25) is 5.67 Å². The number of piperidine rings is 1. The highest BCUT2D eigenvalue weighted by Gasteiger charge is 2.57. The molecule has 4 atom stereocenters. The van der Waals surface area contributed by atoms with Gasteiger partial charge in [0, 0.05) is 62.8 Å². The summed E-state index contributed by atoms with van der Waals surface area (Å²) in [6, 6.07) is 11.3.